The lowest BCUT2D eigenvalue weighted by molar-refractivity contribution is 0.0946. The highest BCUT2D eigenvalue weighted by Crippen LogP contribution is 2.17. The van der Waals surface area contributed by atoms with Crippen molar-refractivity contribution in [2.45, 2.75) is 26.8 Å². The first-order valence-electron chi connectivity index (χ1n) is 9.26. The quantitative estimate of drug-likeness (QED) is 0.682. The number of nitrogens with zero attached hydrogens (tertiary/aromatic N) is 1. The van der Waals surface area contributed by atoms with Gasteiger partial charge in [0, 0.05) is 24.0 Å². The molecule has 28 heavy (non-hydrogen) atoms. The van der Waals surface area contributed by atoms with Gasteiger partial charge in [-0.25, -0.2) is 0 Å². The molecule has 3 aromatic rings. The molecule has 0 aliphatic carbocycles. The van der Waals surface area contributed by atoms with Crippen molar-refractivity contribution < 1.29 is 9.59 Å². The normalized spacial score (nSPS) is 10.4. The lowest BCUT2D eigenvalue weighted by atomic mass is 10.1. The van der Waals surface area contributed by atoms with Gasteiger partial charge in [0.25, 0.3) is 11.8 Å². The molecule has 0 aliphatic heterocycles. The molecule has 5 nitrogen and oxygen atoms in total. The fourth-order valence-electron chi connectivity index (χ4n) is 2.82. The molecular formula is C23H23N3O2. The third-order valence-corrected chi connectivity index (χ3v) is 4.47. The van der Waals surface area contributed by atoms with Crippen LogP contribution in [0.5, 0.6) is 0 Å². The van der Waals surface area contributed by atoms with Crippen molar-refractivity contribution in [3.8, 4) is 0 Å². The summed E-state index contributed by atoms with van der Waals surface area (Å²) in [6.45, 7) is 4.46. The Labute approximate surface area is 164 Å². The lowest BCUT2D eigenvalue weighted by Crippen LogP contribution is -2.24. The smallest absolute Gasteiger partial charge is 0.270 e. The number of hydrogen-bond acceptors (Lipinski definition) is 3. The number of carbonyl (C=O) groups is 2. The van der Waals surface area contributed by atoms with Crippen LogP contribution in [0.2, 0.25) is 0 Å². The summed E-state index contributed by atoms with van der Waals surface area (Å²) in [4.78, 5) is 29.1. The topological polar surface area (TPSA) is 71.1 Å². The molecule has 0 saturated carbocycles. The van der Waals surface area contributed by atoms with Crippen LogP contribution in [-0.2, 0) is 13.0 Å². The number of aromatic nitrogens is 1. The third kappa shape index (κ3) is 4.82. The van der Waals surface area contributed by atoms with Crippen LogP contribution in [0, 0.1) is 6.92 Å². The molecule has 0 spiro atoms. The molecule has 1 aromatic heterocycles. The highest BCUT2D eigenvalue weighted by Gasteiger charge is 2.13. The molecule has 3 rings (SSSR count). The van der Waals surface area contributed by atoms with E-state index in [0.717, 1.165) is 23.2 Å². The van der Waals surface area contributed by atoms with Gasteiger partial charge in [-0.3, -0.25) is 14.6 Å². The van der Waals surface area contributed by atoms with E-state index in [9.17, 15) is 9.59 Å². The molecule has 0 saturated heterocycles. The first kappa shape index (κ1) is 19.3. The fraction of sp³-hybridized carbons (Fsp3) is 0.174. The van der Waals surface area contributed by atoms with Gasteiger partial charge in [-0.1, -0.05) is 55.0 Å². The number of nitrogens with one attached hydrogen (secondary N) is 2. The monoisotopic (exact) mass is 373 g/mol. The largest absolute Gasteiger partial charge is 0.347 e. The number of pyridine rings is 1. The number of aryl methyl sites for hydroxylation is 2. The summed E-state index contributed by atoms with van der Waals surface area (Å²) in [5, 5.41) is 5.74. The van der Waals surface area contributed by atoms with Gasteiger partial charge in [0.15, 0.2) is 0 Å². The summed E-state index contributed by atoms with van der Waals surface area (Å²) >= 11 is 0. The second-order valence-electron chi connectivity index (χ2n) is 6.56. The van der Waals surface area contributed by atoms with Gasteiger partial charge in [0.2, 0.25) is 0 Å². The maximum atomic E-state index is 12.6. The Morgan fingerprint density at radius 2 is 1.71 bits per heavy atom. The van der Waals surface area contributed by atoms with E-state index in [0.29, 0.717) is 12.1 Å². The zero-order valence-corrected chi connectivity index (χ0v) is 16.0. The van der Waals surface area contributed by atoms with Crippen molar-refractivity contribution in [2.75, 3.05) is 5.32 Å². The van der Waals surface area contributed by atoms with Crippen LogP contribution in [-0.4, -0.2) is 16.8 Å². The molecular weight excluding hydrogens is 350 g/mol. The van der Waals surface area contributed by atoms with Crippen LogP contribution in [0.1, 0.15) is 44.5 Å². The Morgan fingerprint density at radius 3 is 2.46 bits per heavy atom. The number of amides is 2. The molecule has 0 bridgehead atoms. The predicted molar refractivity (Wildman–Crippen MR) is 110 cm³/mol. The van der Waals surface area contributed by atoms with Crippen molar-refractivity contribution in [1.82, 2.24) is 10.3 Å². The Morgan fingerprint density at radius 1 is 0.964 bits per heavy atom. The minimum absolute atomic E-state index is 0.212. The van der Waals surface area contributed by atoms with E-state index >= 15 is 0 Å². The van der Waals surface area contributed by atoms with Gasteiger partial charge in [-0.15, -0.1) is 0 Å². The first-order valence-corrected chi connectivity index (χ1v) is 9.26. The second-order valence-corrected chi connectivity index (χ2v) is 6.56. The zero-order valence-electron chi connectivity index (χ0n) is 16.0. The Hall–Kier alpha value is -3.47. The molecule has 0 unspecified atom stereocenters. The number of rotatable bonds is 6. The standard InChI is InChI=1S/C23H23N3O2/c1-3-18-6-4-5-7-20(18)26-22(27)19-12-13-24-21(14-19)23(28)25-15-17-10-8-16(2)9-11-17/h4-14H,3,15H2,1-2H3,(H,25,28)(H,26,27). The van der Waals surface area contributed by atoms with E-state index in [1.165, 1.54) is 17.8 Å². The highest BCUT2D eigenvalue weighted by molar-refractivity contribution is 6.06. The van der Waals surface area contributed by atoms with E-state index in [4.69, 9.17) is 0 Å². The van der Waals surface area contributed by atoms with Crippen molar-refractivity contribution in [1.29, 1.82) is 0 Å². The Bertz CT molecular complexity index is 981. The third-order valence-electron chi connectivity index (χ3n) is 4.47. The average molecular weight is 373 g/mol. The molecule has 0 aliphatic rings. The van der Waals surface area contributed by atoms with E-state index in [-0.39, 0.29) is 17.5 Å². The molecule has 0 atom stereocenters. The highest BCUT2D eigenvalue weighted by atomic mass is 16.2. The maximum Gasteiger partial charge on any atom is 0.270 e. The molecule has 0 fully saturated rings. The Kier molecular flexibility index (Phi) is 6.17. The molecule has 1 heterocycles. The van der Waals surface area contributed by atoms with Crippen LogP contribution < -0.4 is 10.6 Å². The van der Waals surface area contributed by atoms with Crippen molar-refractivity contribution >= 4 is 17.5 Å². The summed E-state index contributed by atoms with van der Waals surface area (Å²) in [6, 6.07) is 18.7. The first-order chi connectivity index (χ1) is 13.6. The summed E-state index contributed by atoms with van der Waals surface area (Å²) in [7, 11) is 0. The van der Waals surface area contributed by atoms with Crippen LogP contribution >= 0.6 is 0 Å². The number of benzene rings is 2. The molecule has 2 N–H and O–H groups in total. The van der Waals surface area contributed by atoms with Crippen molar-refractivity contribution in [3.05, 3.63) is 94.8 Å². The zero-order chi connectivity index (χ0) is 19.9. The number of hydrogen-bond donors (Lipinski definition) is 2. The molecule has 0 radical (unpaired) electrons. The Balaban J connectivity index is 1.68. The van der Waals surface area contributed by atoms with Crippen LogP contribution in [0.4, 0.5) is 5.69 Å². The predicted octanol–water partition coefficient (Wildman–Crippen LogP) is 4.13. The minimum atomic E-state index is -0.316. The molecule has 142 valence electrons. The lowest BCUT2D eigenvalue weighted by Gasteiger charge is -2.10. The summed E-state index contributed by atoms with van der Waals surface area (Å²) in [6.07, 6.45) is 2.29. The number of anilines is 1. The summed E-state index contributed by atoms with van der Waals surface area (Å²) in [5.41, 5.74) is 4.60. The maximum absolute atomic E-state index is 12.6. The molecule has 5 heteroatoms. The number of para-hydroxylation sites is 1. The van der Waals surface area contributed by atoms with Gasteiger partial charge < -0.3 is 10.6 Å². The van der Waals surface area contributed by atoms with E-state index in [2.05, 4.69) is 15.6 Å². The molecule has 2 aromatic carbocycles. The van der Waals surface area contributed by atoms with Gasteiger partial charge in [0.1, 0.15) is 5.69 Å². The van der Waals surface area contributed by atoms with Gasteiger partial charge in [-0.2, -0.15) is 0 Å². The fourth-order valence-corrected chi connectivity index (χ4v) is 2.82. The summed E-state index contributed by atoms with van der Waals surface area (Å²) in [5.74, 6) is -0.583. The summed E-state index contributed by atoms with van der Waals surface area (Å²) < 4.78 is 0. The van der Waals surface area contributed by atoms with Gasteiger partial charge in [-0.05, 0) is 42.7 Å². The van der Waals surface area contributed by atoms with Crippen LogP contribution in [0.15, 0.2) is 66.9 Å². The average Bonchev–Trinajstić information content (AvgIpc) is 2.73. The van der Waals surface area contributed by atoms with E-state index in [1.54, 1.807) is 6.07 Å². The minimum Gasteiger partial charge on any atom is -0.347 e. The van der Waals surface area contributed by atoms with Gasteiger partial charge >= 0.3 is 0 Å². The van der Waals surface area contributed by atoms with Gasteiger partial charge in [0.05, 0.1) is 0 Å². The van der Waals surface area contributed by atoms with Crippen LogP contribution in [0.3, 0.4) is 0 Å². The SMILES string of the molecule is CCc1ccccc1NC(=O)c1ccnc(C(=O)NCc2ccc(C)cc2)c1. The van der Waals surface area contributed by atoms with Crippen molar-refractivity contribution in [3.63, 3.8) is 0 Å². The van der Waals surface area contributed by atoms with Crippen LogP contribution in [0.25, 0.3) is 0 Å². The van der Waals surface area contributed by atoms with E-state index < -0.39 is 0 Å². The molecule has 2 amide bonds. The number of carbonyl (C=O) groups excluding carboxylic acids is 2. The second kappa shape index (κ2) is 8.95. The van der Waals surface area contributed by atoms with Crippen molar-refractivity contribution in [2.24, 2.45) is 0 Å². The van der Waals surface area contributed by atoms with E-state index in [1.807, 2.05) is 62.4 Å².